The zero-order valence-electron chi connectivity index (χ0n) is 12.6. The Morgan fingerprint density at radius 1 is 1.26 bits per heavy atom. The summed E-state index contributed by atoms with van der Waals surface area (Å²) in [5.74, 6) is 0.515. The minimum atomic E-state index is 0.123. The summed E-state index contributed by atoms with van der Waals surface area (Å²) in [5.41, 5.74) is 3.75. The lowest BCUT2D eigenvalue weighted by molar-refractivity contribution is -0.123. The quantitative estimate of drug-likeness (QED) is 0.817. The predicted molar refractivity (Wildman–Crippen MR) is 81.1 cm³/mol. The van der Waals surface area contributed by atoms with Crippen molar-refractivity contribution < 1.29 is 4.79 Å². The van der Waals surface area contributed by atoms with E-state index in [1.54, 1.807) is 0 Å². The molecule has 0 amide bonds. The SMILES string of the molecule is Cc1ccc(N2CCC(=O)C(C)C2C)cc1N(C)C. The van der Waals surface area contributed by atoms with Gasteiger partial charge < -0.3 is 9.80 Å². The van der Waals surface area contributed by atoms with E-state index >= 15 is 0 Å². The molecule has 0 spiro atoms. The number of piperidine rings is 1. The lowest BCUT2D eigenvalue weighted by atomic mass is 9.90. The number of carbonyl (C=O) groups excluding carboxylic acids is 1. The molecule has 1 aromatic carbocycles. The van der Waals surface area contributed by atoms with E-state index in [9.17, 15) is 4.79 Å². The lowest BCUT2D eigenvalue weighted by Crippen LogP contribution is -2.47. The van der Waals surface area contributed by atoms with E-state index in [0.717, 1.165) is 6.54 Å². The van der Waals surface area contributed by atoms with Crippen molar-refractivity contribution in [1.29, 1.82) is 0 Å². The van der Waals surface area contributed by atoms with Crippen LogP contribution in [0.25, 0.3) is 0 Å². The highest BCUT2D eigenvalue weighted by Gasteiger charge is 2.31. The topological polar surface area (TPSA) is 23.6 Å². The summed E-state index contributed by atoms with van der Waals surface area (Å²) in [6, 6.07) is 6.84. The molecule has 0 radical (unpaired) electrons. The maximum Gasteiger partial charge on any atom is 0.139 e. The number of hydrogen-bond donors (Lipinski definition) is 0. The molecule has 0 bridgehead atoms. The molecule has 104 valence electrons. The van der Waals surface area contributed by atoms with Crippen LogP contribution in [0.15, 0.2) is 18.2 Å². The van der Waals surface area contributed by atoms with Crippen LogP contribution in [-0.4, -0.2) is 32.5 Å². The summed E-state index contributed by atoms with van der Waals surface area (Å²) in [6.45, 7) is 7.16. The van der Waals surface area contributed by atoms with Crippen LogP contribution < -0.4 is 9.80 Å². The van der Waals surface area contributed by atoms with Gasteiger partial charge in [-0.1, -0.05) is 13.0 Å². The second kappa shape index (κ2) is 5.24. The Hall–Kier alpha value is -1.51. The molecule has 3 heteroatoms. The first-order valence-electron chi connectivity index (χ1n) is 6.99. The van der Waals surface area contributed by atoms with Crippen LogP contribution in [0.1, 0.15) is 25.8 Å². The standard InChI is InChI=1S/C16H24N2O/c1-11-6-7-14(10-15(11)17(4)5)18-9-8-16(19)12(2)13(18)3/h6-7,10,12-13H,8-9H2,1-5H3. The monoisotopic (exact) mass is 260 g/mol. The van der Waals surface area contributed by atoms with E-state index in [0.29, 0.717) is 12.2 Å². The van der Waals surface area contributed by atoms with Crippen molar-refractivity contribution in [3.05, 3.63) is 23.8 Å². The summed E-state index contributed by atoms with van der Waals surface area (Å²) in [4.78, 5) is 16.3. The molecule has 0 aliphatic carbocycles. The second-order valence-corrected chi connectivity index (χ2v) is 5.80. The molecule has 0 saturated carbocycles. The highest BCUT2D eigenvalue weighted by Crippen LogP contribution is 2.30. The van der Waals surface area contributed by atoms with Gasteiger partial charge >= 0.3 is 0 Å². The fourth-order valence-corrected chi connectivity index (χ4v) is 2.82. The third-order valence-electron chi connectivity index (χ3n) is 4.33. The van der Waals surface area contributed by atoms with E-state index in [-0.39, 0.29) is 12.0 Å². The van der Waals surface area contributed by atoms with Crippen LogP contribution in [0.2, 0.25) is 0 Å². The van der Waals surface area contributed by atoms with Crippen molar-refractivity contribution in [1.82, 2.24) is 0 Å². The Bertz CT molecular complexity index is 482. The molecular formula is C16H24N2O. The second-order valence-electron chi connectivity index (χ2n) is 5.80. The molecule has 0 N–H and O–H groups in total. The highest BCUT2D eigenvalue weighted by atomic mass is 16.1. The van der Waals surface area contributed by atoms with Gasteiger partial charge in [-0.25, -0.2) is 0 Å². The smallest absolute Gasteiger partial charge is 0.139 e. The van der Waals surface area contributed by atoms with Crippen molar-refractivity contribution in [2.75, 3.05) is 30.4 Å². The lowest BCUT2D eigenvalue weighted by Gasteiger charge is -2.39. The molecule has 2 unspecified atom stereocenters. The third-order valence-corrected chi connectivity index (χ3v) is 4.33. The molecule has 1 saturated heterocycles. The number of carbonyl (C=O) groups is 1. The maximum atomic E-state index is 11.8. The van der Waals surface area contributed by atoms with E-state index in [2.05, 4.69) is 55.9 Å². The Morgan fingerprint density at radius 2 is 1.95 bits per heavy atom. The van der Waals surface area contributed by atoms with Crippen molar-refractivity contribution in [2.45, 2.75) is 33.2 Å². The Labute approximate surface area is 116 Å². The van der Waals surface area contributed by atoms with Gasteiger partial charge in [0.25, 0.3) is 0 Å². The average molecular weight is 260 g/mol. The number of nitrogens with zero attached hydrogens (tertiary/aromatic N) is 2. The van der Waals surface area contributed by atoms with Crippen LogP contribution >= 0.6 is 0 Å². The minimum Gasteiger partial charge on any atom is -0.377 e. The highest BCUT2D eigenvalue weighted by molar-refractivity contribution is 5.84. The molecule has 2 atom stereocenters. The van der Waals surface area contributed by atoms with Gasteiger partial charge in [-0.15, -0.1) is 0 Å². The minimum absolute atomic E-state index is 0.123. The predicted octanol–water partition coefficient (Wildman–Crippen LogP) is 2.86. The van der Waals surface area contributed by atoms with Crippen molar-refractivity contribution in [3.8, 4) is 0 Å². The number of rotatable bonds is 2. The van der Waals surface area contributed by atoms with E-state index in [4.69, 9.17) is 0 Å². The van der Waals surface area contributed by atoms with E-state index in [1.165, 1.54) is 16.9 Å². The molecule has 1 heterocycles. The van der Waals surface area contributed by atoms with Crippen LogP contribution in [-0.2, 0) is 4.79 Å². The van der Waals surface area contributed by atoms with E-state index in [1.807, 2.05) is 6.92 Å². The molecule has 1 aliphatic heterocycles. The molecule has 1 fully saturated rings. The van der Waals surface area contributed by atoms with Gasteiger partial charge in [0.2, 0.25) is 0 Å². The molecule has 1 aliphatic rings. The van der Waals surface area contributed by atoms with Crippen molar-refractivity contribution >= 4 is 17.2 Å². The number of aryl methyl sites for hydroxylation is 1. The summed E-state index contributed by atoms with van der Waals surface area (Å²) >= 11 is 0. The number of benzene rings is 1. The van der Waals surface area contributed by atoms with E-state index < -0.39 is 0 Å². The number of hydrogen-bond acceptors (Lipinski definition) is 3. The van der Waals surface area contributed by atoms with Gasteiger partial charge in [0, 0.05) is 50.4 Å². The Kier molecular flexibility index (Phi) is 3.83. The molecule has 2 rings (SSSR count). The van der Waals surface area contributed by atoms with Crippen LogP contribution in [0.5, 0.6) is 0 Å². The third kappa shape index (κ3) is 2.60. The largest absolute Gasteiger partial charge is 0.377 e. The Balaban J connectivity index is 2.32. The van der Waals surface area contributed by atoms with Gasteiger partial charge in [0.05, 0.1) is 0 Å². The summed E-state index contributed by atoms with van der Waals surface area (Å²) in [7, 11) is 4.13. The molecule has 3 nitrogen and oxygen atoms in total. The molecular weight excluding hydrogens is 236 g/mol. The van der Waals surface area contributed by atoms with Crippen LogP contribution in [0, 0.1) is 12.8 Å². The maximum absolute atomic E-state index is 11.8. The Morgan fingerprint density at radius 3 is 2.58 bits per heavy atom. The average Bonchev–Trinajstić information content (AvgIpc) is 2.37. The number of Topliss-reactive ketones (excluding diaryl/α,β-unsaturated/α-hetero) is 1. The van der Waals surface area contributed by atoms with Gasteiger partial charge in [-0.05, 0) is 31.5 Å². The van der Waals surface area contributed by atoms with Gasteiger partial charge in [-0.3, -0.25) is 4.79 Å². The summed E-state index contributed by atoms with van der Waals surface area (Å²) in [6.07, 6.45) is 0.663. The zero-order valence-corrected chi connectivity index (χ0v) is 12.6. The fourth-order valence-electron chi connectivity index (χ4n) is 2.82. The normalized spacial score (nSPS) is 23.6. The van der Waals surface area contributed by atoms with Crippen LogP contribution in [0.3, 0.4) is 0 Å². The summed E-state index contributed by atoms with van der Waals surface area (Å²) < 4.78 is 0. The fraction of sp³-hybridized carbons (Fsp3) is 0.562. The molecule has 19 heavy (non-hydrogen) atoms. The van der Waals surface area contributed by atoms with Gasteiger partial charge in [0.15, 0.2) is 0 Å². The molecule has 0 aromatic heterocycles. The number of anilines is 2. The number of ketones is 1. The first kappa shape index (κ1) is 13.9. The summed E-state index contributed by atoms with van der Waals surface area (Å²) in [5, 5.41) is 0. The molecule has 1 aromatic rings. The first-order chi connectivity index (χ1) is 8.91. The van der Waals surface area contributed by atoms with Crippen molar-refractivity contribution in [2.24, 2.45) is 5.92 Å². The first-order valence-corrected chi connectivity index (χ1v) is 6.99. The van der Waals surface area contributed by atoms with Crippen molar-refractivity contribution in [3.63, 3.8) is 0 Å². The van der Waals surface area contributed by atoms with Crippen LogP contribution in [0.4, 0.5) is 11.4 Å². The zero-order chi connectivity index (χ0) is 14.2. The van der Waals surface area contributed by atoms with Gasteiger partial charge in [-0.2, -0.15) is 0 Å². The van der Waals surface area contributed by atoms with Gasteiger partial charge in [0.1, 0.15) is 5.78 Å².